The van der Waals surface area contributed by atoms with Crippen molar-refractivity contribution in [3.8, 4) is 0 Å². The molecule has 5 heteroatoms. The summed E-state index contributed by atoms with van der Waals surface area (Å²) in [4.78, 5) is 6.46. The Balaban J connectivity index is 2.35. The average Bonchev–Trinajstić information content (AvgIpc) is 2.28. The van der Waals surface area contributed by atoms with Crippen LogP contribution < -0.4 is 5.73 Å². The van der Waals surface area contributed by atoms with Gasteiger partial charge in [0.05, 0.1) is 6.54 Å². The third-order valence-electron chi connectivity index (χ3n) is 2.91. The lowest BCUT2D eigenvalue weighted by Gasteiger charge is -2.27. The number of guanidine groups is 1. The molecule has 2 N–H and O–H groups in total. The fraction of sp³-hybridized carbons (Fsp3) is 0.917. The largest absolute Gasteiger partial charge is 0.370 e. The lowest BCUT2D eigenvalue weighted by Crippen LogP contribution is -2.41. The zero-order valence-corrected chi connectivity index (χ0v) is 12.1. The van der Waals surface area contributed by atoms with E-state index in [-0.39, 0.29) is 4.75 Å². The van der Waals surface area contributed by atoms with E-state index in [9.17, 15) is 4.21 Å². The maximum atomic E-state index is 11.8. The van der Waals surface area contributed by atoms with Crippen LogP contribution in [0.15, 0.2) is 4.99 Å². The Morgan fingerprint density at radius 3 is 2.41 bits per heavy atom. The standard InChI is InChI=1S/C12H25N3OS/c1-12(2,3)17(16)10-7-14-11(13)15-8-5-4-6-9-15/h4-10H2,1-3H3,(H2,13,14). The van der Waals surface area contributed by atoms with Crippen LogP contribution in [-0.2, 0) is 10.8 Å². The molecular weight excluding hydrogens is 234 g/mol. The molecule has 4 nitrogen and oxygen atoms in total. The third kappa shape index (κ3) is 5.06. The van der Waals surface area contributed by atoms with Crippen molar-refractivity contribution >= 4 is 16.8 Å². The van der Waals surface area contributed by atoms with Gasteiger partial charge in [-0.05, 0) is 40.0 Å². The SMILES string of the molecule is CC(C)(C)S(=O)CCN=C(N)N1CCCCC1. The first-order chi connectivity index (χ1) is 7.91. The van der Waals surface area contributed by atoms with Gasteiger partial charge >= 0.3 is 0 Å². The first kappa shape index (κ1) is 14.5. The summed E-state index contributed by atoms with van der Waals surface area (Å²) in [6, 6.07) is 0. The number of hydrogen-bond donors (Lipinski definition) is 1. The molecule has 0 aromatic carbocycles. The van der Waals surface area contributed by atoms with Crippen molar-refractivity contribution in [2.75, 3.05) is 25.4 Å². The Bertz CT molecular complexity index is 291. The summed E-state index contributed by atoms with van der Waals surface area (Å²) in [5.74, 6) is 1.22. The zero-order chi connectivity index (χ0) is 12.9. The van der Waals surface area contributed by atoms with Crippen molar-refractivity contribution in [3.05, 3.63) is 0 Å². The van der Waals surface area contributed by atoms with Crippen molar-refractivity contribution in [1.82, 2.24) is 4.90 Å². The Hall–Kier alpha value is -0.580. The van der Waals surface area contributed by atoms with E-state index in [1.807, 2.05) is 20.8 Å². The molecule has 0 aliphatic carbocycles. The highest BCUT2D eigenvalue weighted by Crippen LogP contribution is 2.11. The smallest absolute Gasteiger partial charge is 0.191 e. The van der Waals surface area contributed by atoms with E-state index in [4.69, 9.17) is 5.73 Å². The van der Waals surface area contributed by atoms with Crippen LogP contribution in [0.2, 0.25) is 0 Å². The van der Waals surface area contributed by atoms with Crippen molar-refractivity contribution in [2.24, 2.45) is 10.7 Å². The molecule has 1 aliphatic heterocycles. The molecule has 1 heterocycles. The molecule has 0 bridgehead atoms. The second kappa shape index (κ2) is 6.38. The topological polar surface area (TPSA) is 58.7 Å². The second-order valence-corrected chi connectivity index (χ2v) is 7.77. The summed E-state index contributed by atoms with van der Waals surface area (Å²) in [6.45, 7) is 8.55. The Labute approximate surface area is 107 Å². The molecule has 1 rings (SSSR count). The lowest BCUT2D eigenvalue weighted by molar-refractivity contribution is 0.338. The van der Waals surface area contributed by atoms with Gasteiger partial charge in [0, 0.05) is 34.4 Å². The van der Waals surface area contributed by atoms with Gasteiger partial charge < -0.3 is 10.6 Å². The first-order valence-electron chi connectivity index (χ1n) is 6.34. The summed E-state index contributed by atoms with van der Waals surface area (Å²) in [5, 5.41) is 0. The minimum Gasteiger partial charge on any atom is -0.370 e. The molecule has 1 unspecified atom stereocenters. The van der Waals surface area contributed by atoms with E-state index < -0.39 is 10.8 Å². The van der Waals surface area contributed by atoms with Gasteiger partial charge in [0.1, 0.15) is 0 Å². The second-order valence-electron chi connectivity index (χ2n) is 5.45. The van der Waals surface area contributed by atoms with Gasteiger partial charge in [-0.1, -0.05) is 0 Å². The number of hydrogen-bond acceptors (Lipinski definition) is 2. The summed E-state index contributed by atoms with van der Waals surface area (Å²) < 4.78 is 11.7. The molecule has 0 amide bonds. The fourth-order valence-corrected chi connectivity index (χ4v) is 2.64. The molecule has 0 spiro atoms. The summed E-state index contributed by atoms with van der Waals surface area (Å²) in [5.41, 5.74) is 5.92. The van der Waals surface area contributed by atoms with Gasteiger partial charge in [0.2, 0.25) is 0 Å². The number of likely N-dealkylation sites (tertiary alicyclic amines) is 1. The third-order valence-corrected chi connectivity index (χ3v) is 4.83. The van der Waals surface area contributed by atoms with Crippen molar-refractivity contribution in [1.29, 1.82) is 0 Å². The summed E-state index contributed by atoms with van der Waals surface area (Å²) in [6.07, 6.45) is 3.69. The van der Waals surface area contributed by atoms with E-state index in [2.05, 4.69) is 9.89 Å². The van der Waals surface area contributed by atoms with Crippen LogP contribution >= 0.6 is 0 Å². The molecule has 1 atom stereocenters. The van der Waals surface area contributed by atoms with Gasteiger partial charge in [-0.2, -0.15) is 0 Å². The summed E-state index contributed by atoms with van der Waals surface area (Å²) >= 11 is 0. The van der Waals surface area contributed by atoms with E-state index in [0.717, 1.165) is 13.1 Å². The van der Waals surface area contributed by atoms with E-state index >= 15 is 0 Å². The Morgan fingerprint density at radius 1 is 1.29 bits per heavy atom. The van der Waals surface area contributed by atoms with E-state index in [1.54, 1.807) is 0 Å². The zero-order valence-electron chi connectivity index (χ0n) is 11.2. The van der Waals surface area contributed by atoms with Crippen LogP contribution in [-0.4, -0.2) is 45.2 Å². The van der Waals surface area contributed by atoms with Crippen molar-refractivity contribution in [2.45, 2.75) is 44.8 Å². The normalized spacial score (nSPS) is 20.4. The molecule has 0 saturated carbocycles. The van der Waals surface area contributed by atoms with Crippen LogP contribution in [0.4, 0.5) is 0 Å². The lowest BCUT2D eigenvalue weighted by atomic mass is 10.1. The van der Waals surface area contributed by atoms with E-state index in [1.165, 1.54) is 19.3 Å². The van der Waals surface area contributed by atoms with Gasteiger partial charge in [-0.15, -0.1) is 0 Å². The first-order valence-corrected chi connectivity index (χ1v) is 7.66. The van der Waals surface area contributed by atoms with Crippen molar-refractivity contribution < 1.29 is 4.21 Å². The average molecular weight is 259 g/mol. The number of nitrogens with two attached hydrogens (primary N) is 1. The molecule has 0 aromatic rings. The number of aliphatic imine (C=N–C) groups is 1. The van der Waals surface area contributed by atoms with Crippen LogP contribution in [0.25, 0.3) is 0 Å². The van der Waals surface area contributed by atoms with Gasteiger partial charge in [-0.25, -0.2) is 0 Å². The van der Waals surface area contributed by atoms with Crippen LogP contribution in [0.1, 0.15) is 40.0 Å². The molecule has 1 fully saturated rings. The predicted molar refractivity (Wildman–Crippen MR) is 74.7 cm³/mol. The predicted octanol–water partition coefficient (Wildman–Crippen LogP) is 1.33. The van der Waals surface area contributed by atoms with Crippen molar-refractivity contribution in [3.63, 3.8) is 0 Å². The van der Waals surface area contributed by atoms with E-state index in [0.29, 0.717) is 18.3 Å². The summed E-state index contributed by atoms with van der Waals surface area (Å²) in [7, 11) is -0.840. The molecule has 0 radical (unpaired) electrons. The monoisotopic (exact) mass is 259 g/mol. The molecule has 100 valence electrons. The minimum atomic E-state index is -0.840. The minimum absolute atomic E-state index is 0.157. The molecule has 1 saturated heterocycles. The maximum Gasteiger partial charge on any atom is 0.191 e. The highest BCUT2D eigenvalue weighted by atomic mass is 32.2. The molecule has 17 heavy (non-hydrogen) atoms. The number of rotatable bonds is 3. The van der Waals surface area contributed by atoms with Crippen LogP contribution in [0.5, 0.6) is 0 Å². The maximum absolute atomic E-state index is 11.8. The Morgan fingerprint density at radius 2 is 1.88 bits per heavy atom. The molecular formula is C12H25N3OS. The highest BCUT2D eigenvalue weighted by Gasteiger charge is 2.18. The number of nitrogens with zero attached hydrogens (tertiary/aromatic N) is 2. The Kier molecular flexibility index (Phi) is 5.43. The van der Waals surface area contributed by atoms with Crippen LogP contribution in [0, 0.1) is 0 Å². The quantitative estimate of drug-likeness (QED) is 0.614. The van der Waals surface area contributed by atoms with Crippen LogP contribution in [0.3, 0.4) is 0 Å². The van der Waals surface area contributed by atoms with Gasteiger partial charge in [-0.3, -0.25) is 9.20 Å². The molecule has 1 aliphatic rings. The molecule has 0 aromatic heterocycles. The fourth-order valence-electron chi connectivity index (χ4n) is 1.77. The van der Waals surface area contributed by atoms with Gasteiger partial charge in [0.15, 0.2) is 5.96 Å². The highest BCUT2D eigenvalue weighted by molar-refractivity contribution is 7.86. The van der Waals surface area contributed by atoms with Gasteiger partial charge in [0.25, 0.3) is 0 Å². The number of piperidine rings is 1.